The molecule has 0 N–H and O–H groups in total. The smallest absolute Gasteiger partial charge is 0.268 e. The van der Waals surface area contributed by atoms with E-state index >= 15 is 0 Å². The van der Waals surface area contributed by atoms with Crippen molar-refractivity contribution in [2.24, 2.45) is 0 Å². The quantitative estimate of drug-likeness (QED) is 0.740. The van der Waals surface area contributed by atoms with Crippen molar-refractivity contribution in [3.05, 3.63) is 23.9 Å². The predicted octanol–water partition coefficient (Wildman–Crippen LogP) is 2.11. The molecule has 0 radical (unpaired) electrons. The Morgan fingerprint density at radius 2 is 2.06 bits per heavy atom. The second-order valence-electron chi connectivity index (χ2n) is 4.76. The molecule has 1 aliphatic rings. The van der Waals surface area contributed by atoms with Crippen LogP contribution in [0.3, 0.4) is 0 Å². The van der Waals surface area contributed by atoms with E-state index in [4.69, 9.17) is 10.5 Å². The summed E-state index contributed by atoms with van der Waals surface area (Å²) in [6.45, 7) is 0.226. The van der Waals surface area contributed by atoms with E-state index in [1.807, 2.05) is 13.1 Å². The zero-order chi connectivity index (χ0) is 13.0. The highest BCUT2D eigenvalue weighted by Gasteiger charge is 2.27. The maximum atomic E-state index is 8.88. The molecule has 0 saturated carbocycles. The highest BCUT2D eigenvalue weighted by Crippen LogP contribution is 2.25. The Labute approximate surface area is 108 Å². The van der Waals surface area contributed by atoms with E-state index in [0.717, 1.165) is 31.3 Å². The number of nitrogens with zero attached hydrogens (tertiary/aromatic N) is 4. The number of aromatic nitrogens is 1. The van der Waals surface area contributed by atoms with E-state index in [2.05, 4.69) is 21.9 Å². The fourth-order valence-corrected chi connectivity index (χ4v) is 2.44. The summed E-state index contributed by atoms with van der Waals surface area (Å²) >= 11 is 0. The summed E-state index contributed by atoms with van der Waals surface area (Å²) in [7, 11) is 2.03. The second-order valence-corrected chi connectivity index (χ2v) is 4.76. The zero-order valence-corrected chi connectivity index (χ0v) is 10.5. The minimum absolute atomic E-state index is 0.226. The third-order valence-electron chi connectivity index (χ3n) is 3.67. The normalized spacial score (nSPS) is 15.8. The highest BCUT2D eigenvalue weighted by molar-refractivity contribution is 6.67. The van der Waals surface area contributed by atoms with Gasteiger partial charge in [0.1, 0.15) is 11.9 Å². The molecule has 1 aromatic rings. The van der Waals surface area contributed by atoms with Crippen LogP contribution in [0, 0.1) is 22.6 Å². The Bertz CT molecular complexity index is 477. The molecule has 4 nitrogen and oxygen atoms in total. The lowest BCUT2D eigenvalue weighted by Crippen LogP contribution is -2.37. The summed E-state index contributed by atoms with van der Waals surface area (Å²) in [6.07, 6.45) is 5.63. The number of pyridine rings is 1. The van der Waals surface area contributed by atoms with Gasteiger partial charge in [0.15, 0.2) is 0 Å². The Kier molecular flexibility index (Phi) is 3.84. The summed E-state index contributed by atoms with van der Waals surface area (Å²) in [5.74, 6) is 3.25. The van der Waals surface area contributed by atoms with E-state index < -0.39 is 0 Å². The molecular formula is C13H15BN4. The molecule has 1 fully saturated rings. The second kappa shape index (κ2) is 5.55. The summed E-state index contributed by atoms with van der Waals surface area (Å²) in [4.78, 5) is 6.46. The molecule has 0 bridgehead atoms. The lowest BCUT2D eigenvalue weighted by atomic mass is 9.42. The van der Waals surface area contributed by atoms with E-state index in [1.165, 1.54) is 0 Å². The van der Waals surface area contributed by atoms with Gasteiger partial charge in [0.25, 0.3) is 6.71 Å². The third kappa shape index (κ3) is 2.63. The van der Waals surface area contributed by atoms with Crippen molar-refractivity contribution in [3.8, 4) is 12.0 Å². The highest BCUT2D eigenvalue weighted by atomic mass is 15.2. The van der Waals surface area contributed by atoms with Crippen LogP contribution < -0.4 is 4.90 Å². The van der Waals surface area contributed by atoms with Crippen LogP contribution >= 0.6 is 0 Å². The Balaban J connectivity index is 2.01. The standard InChI is InChI=1S/C13H15BN4/c1-18(12-4-6-14(10-16)7-5-12)13-3-2-11(8-15)9-17-13/h2-3,9,12H,4-7H2,1H3. The van der Waals surface area contributed by atoms with Crippen molar-refractivity contribution >= 4 is 12.5 Å². The molecule has 0 aliphatic carbocycles. The van der Waals surface area contributed by atoms with Crippen molar-refractivity contribution in [1.29, 1.82) is 10.5 Å². The fraction of sp³-hybridized carbons (Fsp3) is 0.462. The van der Waals surface area contributed by atoms with Gasteiger partial charge in [-0.3, -0.25) is 0 Å². The number of rotatable bonds is 2. The predicted molar refractivity (Wildman–Crippen MR) is 71.4 cm³/mol. The van der Waals surface area contributed by atoms with Gasteiger partial charge in [-0.15, -0.1) is 0 Å². The lowest BCUT2D eigenvalue weighted by molar-refractivity contribution is 0.564. The first-order valence-electron chi connectivity index (χ1n) is 6.23. The maximum absolute atomic E-state index is 8.88. The number of hydrogen-bond acceptors (Lipinski definition) is 4. The number of hydrogen-bond donors (Lipinski definition) is 0. The maximum Gasteiger partial charge on any atom is 0.268 e. The molecular weight excluding hydrogens is 223 g/mol. The zero-order valence-electron chi connectivity index (χ0n) is 10.5. The fourth-order valence-electron chi connectivity index (χ4n) is 2.44. The first-order valence-corrected chi connectivity index (χ1v) is 6.23. The van der Waals surface area contributed by atoms with E-state index in [1.54, 1.807) is 12.3 Å². The minimum atomic E-state index is 0.226. The van der Waals surface area contributed by atoms with Crippen molar-refractivity contribution in [1.82, 2.24) is 4.98 Å². The molecule has 0 unspecified atom stereocenters. The van der Waals surface area contributed by atoms with Gasteiger partial charge in [-0.05, 0) is 25.0 Å². The topological polar surface area (TPSA) is 63.7 Å². The molecule has 1 saturated heterocycles. The van der Waals surface area contributed by atoms with Gasteiger partial charge in [0, 0.05) is 25.3 Å². The Morgan fingerprint density at radius 1 is 1.33 bits per heavy atom. The van der Waals surface area contributed by atoms with Crippen LogP contribution in [0.4, 0.5) is 5.82 Å². The van der Waals surface area contributed by atoms with Crippen molar-refractivity contribution in [2.75, 3.05) is 11.9 Å². The molecule has 0 amide bonds. The van der Waals surface area contributed by atoms with Crippen LogP contribution in [0.1, 0.15) is 18.4 Å². The largest absolute Gasteiger partial charge is 0.357 e. The van der Waals surface area contributed by atoms with Gasteiger partial charge in [-0.1, -0.05) is 12.6 Å². The van der Waals surface area contributed by atoms with Gasteiger partial charge >= 0.3 is 0 Å². The molecule has 5 heteroatoms. The van der Waals surface area contributed by atoms with E-state index in [0.29, 0.717) is 11.6 Å². The van der Waals surface area contributed by atoms with Gasteiger partial charge in [0.2, 0.25) is 0 Å². The average molecular weight is 238 g/mol. The summed E-state index contributed by atoms with van der Waals surface area (Å²) < 4.78 is 0. The molecule has 0 spiro atoms. The van der Waals surface area contributed by atoms with Crippen molar-refractivity contribution in [2.45, 2.75) is 31.5 Å². The number of anilines is 1. The summed E-state index contributed by atoms with van der Waals surface area (Å²) in [5.41, 5.74) is 0.584. The molecule has 0 atom stereocenters. The molecule has 1 aromatic heterocycles. The van der Waals surface area contributed by atoms with Gasteiger partial charge < -0.3 is 4.90 Å². The molecule has 90 valence electrons. The van der Waals surface area contributed by atoms with Crippen LogP contribution in [0.15, 0.2) is 18.3 Å². The summed E-state index contributed by atoms with van der Waals surface area (Å²) in [6, 6.07) is 6.20. The van der Waals surface area contributed by atoms with Gasteiger partial charge in [-0.25, -0.2) is 10.2 Å². The van der Waals surface area contributed by atoms with E-state index in [-0.39, 0.29) is 6.71 Å². The molecule has 2 heterocycles. The van der Waals surface area contributed by atoms with Crippen LogP contribution in [-0.4, -0.2) is 24.8 Å². The first kappa shape index (κ1) is 12.5. The molecule has 0 aromatic carbocycles. The molecule has 2 rings (SSSR count). The first-order chi connectivity index (χ1) is 8.74. The van der Waals surface area contributed by atoms with Gasteiger partial charge in [-0.2, -0.15) is 5.26 Å². The average Bonchev–Trinajstić information content (AvgIpc) is 2.47. The van der Waals surface area contributed by atoms with Crippen LogP contribution in [0.25, 0.3) is 0 Å². The van der Waals surface area contributed by atoms with Crippen molar-refractivity contribution in [3.63, 3.8) is 0 Å². The SMILES string of the molecule is CN(c1ccc(C#N)cn1)C1CCB(C#N)CC1. The number of nitriles is 2. The van der Waals surface area contributed by atoms with Crippen LogP contribution in [0.2, 0.25) is 12.6 Å². The van der Waals surface area contributed by atoms with E-state index in [9.17, 15) is 0 Å². The van der Waals surface area contributed by atoms with Crippen molar-refractivity contribution < 1.29 is 0 Å². The monoisotopic (exact) mass is 238 g/mol. The van der Waals surface area contributed by atoms with Gasteiger partial charge in [0.05, 0.1) is 5.56 Å². The molecule has 1 aliphatic heterocycles. The van der Waals surface area contributed by atoms with Crippen LogP contribution in [0.5, 0.6) is 0 Å². The Morgan fingerprint density at radius 3 is 2.56 bits per heavy atom. The lowest BCUT2D eigenvalue weighted by Gasteiger charge is -2.32. The Hall–Kier alpha value is -2.01. The minimum Gasteiger partial charge on any atom is -0.357 e. The van der Waals surface area contributed by atoms with Crippen LogP contribution in [-0.2, 0) is 0 Å². The summed E-state index contributed by atoms with van der Waals surface area (Å²) in [5, 5.41) is 17.6. The molecule has 18 heavy (non-hydrogen) atoms. The third-order valence-corrected chi connectivity index (χ3v) is 3.67.